The first-order valence-electron chi connectivity index (χ1n) is 7.62. The molecule has 2 aromatic carbocycles. The molecule has 0 radical (unpaired) electrons. The van der Waals surface area contributed by atoms with Crippen LogP contribution < -0.4 is 0 Å². The lowest BCUT2D eigenvalue weighted by Crippen LogP contribution is -1.95. The molecule has 4 atom stereocenters. The van der Waals surface area contributed by atoms with Gasteiger partial charge in [0, 0.05) is 0 Å². The standard InChI is InChI=1S/C18H23P3/c19-9-13-5-4-12(8-15(13)11-21)16-2-1-3-17-14(10-20)6-7-18(16)17/h1-5,8,14H,6-7,9-11,19-21H2. The predicted molar refractivity (Wildman–Crippen MR) is 104 cm³/mol. The molecule has 0 aromatic heterocycles. The monoisotopic (exact) mass is 332 g/mol. The molecule has 0 N–H and O–H groups in total. The molecule has 4 unspecified atom stereocenters. The van der Waals surface area contributed by atoms with E-state index in [0.717, 1.165) is 18.2 Å². The molecule has 21 heavy (non-hydrogen) atoms. The van der Waals surface area contributed by atoms with Crippen molar-refractivity contribution in [3.8, 4) is 11.1 Å². The number of benzene rings is 2. The van der Waals surface area contributed by atoms with Gasteiger partial charge in [-0.1, -0.05) is 36.4 Å². The van der Waals surface area contributed by atoms with Gasteiger partial charge < -0.3 is 0 Å². The lowest BCUT2D eigenvalue weighted by Gasteiger charge is -2.14. The largest absolute Gasteiger partial charge is 0.137 e. The lowest BCUT2D eigenvalue weighted by molar-refractivity contribution is 0.757. The van der Waals surface area contributed by atoms with Gasteiger partial charge in [0.25, 0.3) is 0 Å². The van der Waals surface area contributed by atoms with Crippen LogP contribution >= 0.6 is 27.7 Å². The molecule has 0 saturated carbocycles. The SMILES string of the molecule is PCc1ccc(-c2cccc3c2CCC3CP)cc1CP. The maximum Gasteiger partial charge on any atom is -0.0121 e. The number of fused-ring (bicyclic) bond motifs is 1. The Morgan fingerprint density at radius 1 is 0.952 bits per heavy atom. The van der Waals surface area contributed by atoms with Gasteiger partial charge in [0.05, 0.1) is 0 Å². The first kappa shape index (κ1) is 15.6. The zero-order valence-corrected chi connectivity index (χ0v) is 15.8. The molecule has 1 aliphatic rings. The van der Waals surface area contributed by atoms with E-state index in [1.807, 2.05) is 0 Å². The van der Waals surface area contributed by atoms with Gasteiger partial charge in [-0.3, -0.25) is 0 Å². The van der Waals surface area contributed by atoms with Crippen LogP contribution in [0.2, 0.25) is 0 Å². The molecule has 0 bridgehead atoms. The highest BCUT2D eigenvalue weighted by atomic mass is 31.0. The minimum Gasteiger partial charge on any atom is -0.137 e. The Bertz CT molecular complexity index is 649. The van der Waals surface area contributed by atoms with Crippen LogP contribution in [-0.4, -0.2) is 6.16 Å². The van der Waals surface area contributed by atoms with Crippen LogP contribution in [0.15, 0.2) is 36.4 Å². The van der Waals surface area contributed by atoms with Crippen molar-refractivity contribution in [3.63, 3.8) is 0 Å². The topological polar surface area (TPSA) is 0 Å². The summed E-state index contributed by atoms with van der Waals surface area (Å²) in [5.41, 5.74) is 8.88. The summed E-state index contributed by atoms with van der Waals surface area (Å²) in [6.07, 6.45) is 5.77. The third-order valence-electron chi connectivity index (χ3n) is 4.64. The molecule has 0 saturated heterocycles. The Kier molecular flexibility index (Phi) is 5.11. The molecule has 3 rings (SSSR count). The lowest BCUT2D eigenvalue weighted by atomic mass is 9.93. The summed E-state index contributed by atoms with van der Waals surface area (Å²) in [6, 6.07) is 13.8. The molecule has 3 heteroatoms. The van der Waals surface area contributed by atoms with Crippen molar-refractivity contribution < 1.29 is 0 Å². The third kappa shape index (κ3) is 2.97. The van der Waals surface area contributed by atoms with Crippen LogP contribution in [0.5, 0.6) is 0 Å². The molecule has 1 aliphatic carbocycles. The first-order valence-corrected chi connectivity index (χ1v) is 10.1. The normalized spacial score (nSPS) is 17.0. The summed E-state index contributed by atoms with van der Waals surface area (Å²) in [5.74, 6) is 0.734. The average molecular weight is 332 g/mol. The van der Waals surface area contributed by atoms with Gasteiger partial charge in [0.2, 0.25) is 0 Å². The summed E-state index contributed by atoms with van der Waals surface area (Å²) >= 11 is 0. The molecule has 0 aliphatic heterocycles. The number of hydrogen-bond donors (Lipinski definition) is 0. The maximum atomic E-state index is 2.91. The maximum absolute atomic E-state index is 2.91. The van der Waals surface area contributed by atoms with E-state index in [2.05, 4.69) is 64.1 Å². The highest BCUT2D eigenvalue weighted by Gasteiger charge is 2.23. The van der Waals surface area contributed by atoms with E-state index in [9.17, 15) is 0 Å². The van der Waals surface area contributed by atoms with Crippen LogP contribution in [-0.2, 0) is 18.7 Å². The summed E-state index contributed by atoms with van der Waals surface area (Å²) in [6.45, 7) is 0. The molecular formula is C18H23P3. The Balaban J connectivity index is 2.08. The van der Waals surface area contributed by atoms with Gasteiger partial charge in [-0.15, -0.1) is 27.7 Å². The summed E-state index contributed by atoms with van der Waals surface area (Å²) in [7, 11) is 8.61. The third-order valence-corrected chi connectivity index (χ3v) is 6.09. The van der Waals surface area contributed by atoms with Crippen LogP contribution in [0.1, 0.15) is 34.6 Å². The van der Waals surface area contributed by atoms with Crippen molar-refractivity contribution in [2.75, 3.05) is 6.16 Å². The van der Waals surface area contributed by atoms with Gasteiger partial charge in [0.1, 0.15) is 0 Å². The predicted octanol–water partition coefficient (Wildman–Crippen LogP) is 5.01. The smallest absolute Gasteiger partial charge is 0.0121 e. The van der Waals surface area contributed by atoms with E-state index in [1.54, 1.807) is 11.1 Å². The minimum absolute atomic E-state index is 0.734. The minimum atomic E-state index is 0.734. The van der Waals surface area contributed by atoms with Gasteiger partial charge in [0.15, 0.2) is 0 Å². The average Bonchev–Trinajstić information content (AvgIpc) is 2.97. The molecule has 0 heterocycles. The van der Waals surface area contributed by atoms with Gasteiger partial charge in [-0.2, -0.15) is 0 Å². The van der Waals surface area contributed by atoms with Crippen molar-refractivity contribution in [2.45, 2.75) is 31.1 Å². The Morgan fingerprint density at radius 2 is 1.76 bits per heavy atom. The van der Waals surface area contributed by atoms with E-state index >= 15 is 0 Å². The molecule has 2 aromatic rings. The van der Waals surface area contributed by atoms with E-state index in [-0.39, 0.29) is 0 Å². The molecule has 110 valence electrons. The molecular weight excluding hydrogens is 309 g/mol. The van der Waals surface area contributed by atoms with Crippen LogP contribution in [0, 0.1) is 0 Å². The highest BCUT2D eigenvalue weighted by Crippen LogP contribution is 2.40. The second-order valence-electron chi connectivity index (χ2n) is 5.74. The highest BCUT2D eigenvalue weighted by molar-refractivity contribution is 7.16. The second kappa shape index (κ2) is 6.87. The van der Waals surface area contributed by atoms with E-state index in [4.69, 9.17) is 0 Å². The van der Waals surface area contributed by atoms with E-state index in [1.165, 1.54) is 41.3 Å². The van der Waals surface area contributed by atoms with Gasteiger partial charge in [-0.25, -0.2) is 0 Å². The van der Waals surface area contributed by atoms with Crippen LogP contribution in [0.25, 0.3) is 11.1 Å². The van der Waals surface area contributed by atoms with E-state index in [0.29, 0.717) is 0 Å². The number of hydrogen-bond acceptors (Lipinski definition) is 0. The molecule has 0 amide bonds. The Morgan fingerprint density at radius 3 is 2.48 bits per heavy atom. The van der Waals surface area contributed by atoms with Gasteiger partial charge in [-0.05, 0) is 70.6 Å². The molecule has 0 fully saturated rings. The van der Waals surface area contributed by atoms with Crippen LogP contribution in [0.4, 0.5) is 0 Å². The zero-order chi connectivity index (χ0) is 14.8. The fraction of sp³-hybridized carbons (Fsp3) is 0.333. The summed E-state index contributed by atoms with van der Waals surface area (Å²) in [5, 5.41) is 0. The first-order chi connectivity index (χ1) is 10.3. The van der Waals surface area contributed by atoms with Crippen molar-refractivity contribution >= 4 is 27.7 Å². The van der Waals surface area contributed by atoms with Crippen LogP contribution in [0.3, 0.4) is 0 Å². The zero-order valence-electron chi connectivity index (χ0n) is 12.3. The second-order valence-corrected chi connectivity index (χ2v) is 7.02. The quantitative estimate of drug-likeness (QED) is 0.691. The van der Waals surface area contributed by atoms with Crippen molar-refractivity contribution in [2.24, 2.45) is 0 Å². The summed E-state index contributed by atoms with van der Waals surface area (Å²) < 4.78 is 0. The fourth-order valence-corrected chi connectivity index (χ4v) is 4.71. The van der Waals surface area contributed by atoms with Crippen molar-refractivity contribution in [1.82, 2.24) is 0 Å². The molecule has 0 spiro atoms. The Labute approximate surface area is 135 Å². The Hall–Kier alpha value is -0.270. The fourth-order valence-electron chi connectivity index (χ4n) is 3.44. The molecule has 0 nitrogen and oxygen atoms in total. The van der Waals surface area contributed by atoms with E-state index < -0.39 is 0 Å². The van der Waals surface area contributed by atoms with Gasteiger partial charge >= 0.3 is 0 Å². The van der Waals surface area contributed by atoms with Crippen molar-refractivity contribution in [1.29, 1.82) is 0 Å². The van der Waals surface area contributed by atoms with Crippen molar-refractivity contribution in [3.05, 3.63) is 58.7 Å². The summed E-state index contributed by atoms with van der Waals surface area (Å²) in [4.78, 5) is 0. The number of rotatable bonds is 4.